The molecule has 0 aliphatic carbocycles. The van der Waals surface area contributed by atoms with Gasteiger partial charge in [0.15, 0.2) is 0 Å². The van der Waals surface area contributed by atoms with Crippen molar-refractivity contribution < 1.29 is 22.7 Å². The van der Waals surface area contributed by atoms with Crippen LogP contribution in [0.1, 0.15) is 15.9 Å². The van der Waals surface area contributed by atoms with Crippen molar-refractivity contribution >= 4 is 45.2 Å². The number of halogens is 1. The number of hydrazine groups is 1. The molecular weight excluding hydrogens is 466 g/mol. The molecule has 2 amide bonds. The average Bonchev–Trinajstić information content (AvgIpc) is 2.82. The Bertz CT molecular complexity index is 1290. The topological polar surface area (TPSA) is 114 Å². The molecule has 3 rings (SSSR count). The summed E-state index contributed by atoms with van der Waals surface area (Å²) in [6.07, 6.45) is 2.79. The van der Waals surface area contributed by atoms with E-state index in [9.17, 15) is 18.0 Å². The quantitative estimate of drug-likeness (QED) is 0.349. The van der Waals surface area contributed by atoms with Gasteiger partial charge in [-0.15, -0.1) is 0 Å². The Morgan fingerprint density at radius 2 is 1.67 bits per heavy atom. The Morgan fingerprint density at radius 1 is 0.939 bits per heavy atom. The zero-order valence-electron chi connectivity index (χ0n) is 17.4. The number of carbonyl (C=O) groups is 2. The number of hydrogen-bond donors (Lipinski definition) is 3. The summed E-state index contributed by atoms with van der Waals surface area (Å²) >= 11 is 5.81. The second-order valence-corrected chi connectivity index (χ2v) is 8.78. The molecule has 3 aromatic carbocycles. The fraction of sp³-hybridized carbons (Fsp3) is 0.0435. The molecule has 0 bridgehead atoms. The molecular formula is C23H20ClN3O5S. The van der Waals surface area contributed by atoms with Crippen molar-refractivity contribution in [3.05, 3.63) is 95.0 Å². The molecule has 0 radical (unpaired) electrons. The number of hydrogen-bond acceptors (Lipinski definition) is 5. The molecule has 0 aliphatic rings. The Morgan fingerprint density at radius 3 is 2.39 bits per heavy atom. The lowest BCUT2D eigenvalue weighted by atomic mass is 10.2. The van der Waals surface area contributed by atoms with E-state index in [1.165, 1.54) is 37.5 Å². The van der Waals surface area contributed by atoms with Gasteiger partial charge in [-0.2, -0.15) is 0 Å². The van der Waals surface area contributed by atoms with E-state index >= 15 is 0 Å². The van der Waals surface area contributed by atoms with Crippen molar-refractivity contribution in [3.63, 3.8) is 0 Å². The standard InChI is InChI=1S/C23H20ClN3O5S/c1-32-21-8-3-2-7-20(21)27-33(30,31)19-6-4-5-17(15-19)23(29)26-25-22(28)14-11-16-9-12-18(24)13-10-16/h2-15,27H,1H3,(H,25,28)(H,26,29)/b14-11+. The molecule has 0 unspecified atom stereocenters. The van der Waals surface area contributed by atoms with Gasteiger partial charge in [0, 0.05) is 16.7 Å². The normalized spacial score (nSPS) is 11.1. The van der Waals surface area contributed by atoms with Crippen LogP contribution in [-0.4, -0.2) is 27.3 Å². The Labute approximate surface area is 196 Å². The second-order valence-electron chi connectivity index (χ2n) is 6.66. The zero-order chi connectivity index (χ0) is 23.8. The highest BCUT2D eigenvalue weighted by atomic mass is 35.5. The van der Waals surface area contributed by atoms with E-state index in [1.54, 1.807) is 54.6 Å². The summed E-state index contributed by atoms with van der Waals surface area (Å²) in [5.41, 5.74) is 5.54. The lowest BCUT2D eigenvalue weighted by Crippen LogP contribution is -2.40. The monoisotopic (exact) mass is 485 g/mol. The van der Waals surface area contributed by atoms with E-state index in [0.29, 0.717) is 10.8 Å². The van der Waals surface area contributed by atoms with E-state index in [-0.39, 0.29) is 16.1 Å². The van der Waals surface area contributed by atoms with Gasteiger partial charge < -0.3 is 4.74 Å². The first-order valence-electron chi connectivity index (χ1n) is 9.58. The van der Waals surface area contributed by atoms with Crippen LogP contribution in [0.4, 0.5) is 5.69 Å². The molecule has 33 heavy (non-hydrogen) atoms. The number of benzene rings is 3. The highest BCUT2D eigenvalue weighted by molar-refractivity contribution is 7.92. The number of para-hydroxylation sites is 2. The maximum atomic E-state index is 12.8. The Balaban J connectivity index is 1.65. The average molecular weight is 486 g/mol. The lowest BCUT2D eigenvalue weighted by molar-refractivity contribution is -0.117. The van der Waals surface area contributed by atoms with Crippen molar-refractivity contribution in [2.45, 2.75) is 4.90 Å². The molecule has 0 atom stereocenters. The summed E-state index contributed by atoms with van der Waals surface area (Å²) in [7, 11) is -2.57. The molecule has 170 valence electrons. The van der Waals surface area contributed by atoms with E-state index in [2.05, 4.69) is 15.6 Å². The third kappa shape index (κ3) is 6.58. The fourth-order valence-electron chi connectivity index (χ4n) is 2.72. The van der Waals surface area contributed by atoms with Crippen LogP contribution in [0.25, 0.3) is 6.08 Å². The Kier molecular flexibility index (Phi) is 7.70. The third-order valence-electron chi connectivity index (χ3n) is 4.35. The van der Waals surface area contributed by atoms with Crippen LogP contribution in [0.2, 0.25) is 5.02 Å². The van der Waals surface area contributed by atoms with Crippen molar-refractivity contribution in [2.24, 2.45) is 0 Å². The minimum Gasteiger partial charge on any atom is -0.495 e. The maximum absolute atomic E-state index is 12.8. The smallest absolute Gasteiger partial charge is 0.269 e. The number of nitrogens with one attached hydrogen (secondary N) is 3. The van der Waals surface area contributed by atoms with Crippen molar-refractivity contribution in [1.82, 2.24) is 10.9 Å². The van der Waals surface area contributed by atoms with Crippen LogP contribution >= 0.6 is 11.6 Å². The summed E-state index contributed by atoms with van der Waals surface area (Å²) in [6, 6.07) is 18.8. The molecule has 3 aromatic rings. The van der Waals surface area contributed by atoms with E-state index in [1.807, 2.05) is 0 Å². The predicted molar refractivity (Wildman–Crippen MR) is 126 cm³/mol. The van der Waals surface area contributed by atoms with Crippen molar-refractivity contribution in [3.8, 4) is 5.75 Å². The van der Waals surface area contributed by atoms with E-state index in [4.69, 9.17) is 16.3 Å². The first-order valence-corrected chi connectivity index (χ1v) is 11.4. The van der Waals surface area contributed by atoms with Crippen LogP contribution in [0.15, 0.2) is 83.8 Å². The summed E-state index contributed by atoms with van der Waals surface area (Å²) in [4.78, 5) is 24.2. The molecule has 0 saturated heterocycles. The van der Waals surface area contributed by atoms with E-state index < -0.39 is 21.8 Å². The molecule has 0 fully saturated rings. The van der Waals surface area contributed by atoms with Gasteiger partial charge in [0.25, 0.3) is 21.8 Å². The fourth-order valence-corrected chi connectivity index (χ4v) is 3.96. The largest absolute Gasteiger partial charge is 0.495 e. The molecule has 8 nitrogen and oxygen atoms in total. The summed E-state index contributed by atoms with van der Waals surface area (Å²) in [5, 5.41) is 0.575. The second kappa shape index (κ2) is 10.7. The van der Waals surface area contributed by atoms with Crippen molar-refractivity contribution in [1.29, 1.82) is 0 Å². The van der Waals surface area contributed by atoms with Crippen LogP contribution in [-0.2, 0) is 14.8 Å². The summed E-state index contributed by atoms with van der Waals surface area (Å²) < 4.78 is 33.1. The highest BCUT2D eigenvalue weighted by Gasteiger charge is 2.18. The SMILES string of the molecule is COc1ccccc1NS(=O)(=O)c1cccc(C(=O)NNC(=O)/C=C/c2ccc(Cl)cc2)c1. The van der Waals surface area contributed by atoms with Gasteiger partial charge in [0.05, 0.1) is 17.7 Å². The number of ether oxygens (including phenoxy) is 1. The van der Waals surface area contributed by atoms with Gasteiger partial charge in [-0.3, -0.25) is 25.2 Å². The summed E-state index contributed by atoms with van der Waals surface area (Å²) in [5.74, 6) is -0.901. The van der Waals surface area contributed by atoms with Gasteiger partial charge in [-0.05, 0) is 54.1 Å². The first kappa shape index (κ1) is 23.8. The maximum Gasteiger partial charge on any atom is 0.269 e. The van der Waals surface area contributed by atoms with Gasteiger partial charge in [-0.25, -0.2) is 8.42 Å². The zero-order valence-corrected chi connectivity index (χ0v) is 19.0. The first-order chi connectivity index (χ1) is 15.8. The van der Waals surface area contributed by atoms with Gasteiger partial charge in [-0.1, -0.05) is 41.9 Å². The van der Waals surface area contributed by atoms with E-state index in [0.717, 1.165) is 5.56 Å². The number of rotatable bonds is 7. The predicted octanol–water partition coefficient (Wildman–Crippen LogP) is 3.62. The van der Waals surface area contributed by atoms with Crippen LogP contribution in [0.5, 0.6) is 5.75 Å². The molecule has 0 heterocycles. The van der Waals surface area contributed by atoms with Crippen LogP contribution in [0.3, 0.4) is 0 Å². The minimum absolute atomic E-state index is 0.0416. The minimum atomic E-state index is -3.99. The van der Waals surface area contributed by atoms with Gasteiger partial charge >= 0.3 is 0 Å². The molecule has 3 N–H and O–H groups in total. The van der Waals surface area contributed by atoms with Gasteiger partial charge in [0.1, 0.15) is 5.75 Å². The lowest BCUT2D eigenvalue weighted by Gasteiger charge is -2.12. The molecule has 0 spiro atoms. The Hall–Kier alpha value is -3.82. The molecule has 0 aromatic heterocycles. The van der Waals surface area contributed by atoms with Crippen LogP contribution in [0, 0.1) is 0 Å². The number of anilines is 1. The number of sulfonamides is 1. The molecule has 0 aliphatic heterocycles. The molecule has 10 heteroatoms. The van der Waals surface area contributed by atoms with Gasteiger partial charge in [0.2, 0.25) is 0 Å². The van der Waals surface area contributed by atoms with Crippen molar-refractivity contribution in [2.75, 3.05) is 11.8 Å². The summed E-state index contributed by atoms with van der Waals surface area (Å²) in [6.45, 7) is 0. The molecule has 0 saturated carbocycles. The number of amides is 2. The highest BCUT2D eigenvalue weighted by Crippen LogP contribution is 2.26. The number of methoxy groups -OCH3 is 1. The number of carbonyl (C=O) groups excluding carboxylic acids is 2. The third-order valence-corrected chi connectivity index (χ3v) is 5.97. The van der Waals surface area contributed by atoms with Crippen LogP contribution < -0.4 is 20.3 Å².